The van der Waals surface area contributed by atoms with Gasteiger partial charge in [0.15, 0.2) is 0 Å². The zero-order chi connectivity index (χ0) is 25.8. The van der Waals surface area contributed by atoms with Crippen molar-refractivity contribution in [3.63, 3.8) is 0 Å². The van der Waals surface area contributed by atoms with Crippen LogP contribution in [0.2, 0.25) is 0 Å². The van der Waals surface area contributed by atoms with Crippen molar-refractivity contribution in [2.24, 2.45) is 0 Å². The highest BCUT2D eigenvalue weighted by atomic mass is 16.5. The van der Waals surface area contributed by atoms with E-state index in [-0.39, 0.29) is 29.4 Å². The summed E-state index contributed by atoms with van der Waals surface area (Å²) in [6.07, 6.45) is 2.68. The third kappa shape index (κ3) is 9.23. The number of amides is 1. The first kappa shape index (κ1) is 28.2. The monoisotopic (exact) mass is 481 g/mol. The summed E-state index contributed by atoms with van der Waals surface area (Å²) in [6, 6.07) is 14.1. The second kappa shape index (κ2) is 13.7. The molecule has 0 aliphatic heterocycles. The Morgan fingerprint density at radius 1 is 1.14 bits per heavy atom. The number of nitrogens with one attached hydrogen (secondary N) is 1. The van der Waals surface area contributed by atoms with Crippen LogP contribution >= 0.6 is 0 Å². The summed E-state index contributed by atoms with van der Waals surface area (Å²) in [6.45, 7) is 9.93. The molecule has 1 atom stereocenters. The van der Waals surface area contributed by atoms with E-state index in [1.807, 2.05) is 26.0 Å². The van der Waals surface area contributed by atoms with Gasteiger partial charge in [0.2, 0.25) is 0 Å². The molecule has 35 heavy (non-hydrogen) atoms. The Bertz CT molecular complexity index is 977. The maximum Gasteiger partial charge on any atom is 0.253 e. The van der Waals surface area contributed by atoms with Crippen molar-refractivity contribution in [1.29, 1.82) is 5.26 Å². The maximum absolute atomic E-state index is 12.8. The van der Waals surface area contributed by atoms with E-state index in [0.717, 1.165) is 31.2 Å². The number of nitrogens with zero attached hydrogens (tertiary/aromatic N) is 2. The summed E-state index contributed by atoms with van der Waals surface area (Å²) in [5.74, 6) is 0.521. The minimum Gasteiger partial charge on any atom is -0.508 e. The number of rotatable bonds is 14. The minimum atomic E-state index is -0.764. The van der Waals surface area contributed by atoms with Crippen molar-refractivity contribution < 1.29 is 19.7 Å². The van der Waals surface area contributed by atoms with Crippen LogP contribution in [-0.4, -0.2) is 58.9 Å². The number of ether oxygens (including phenoxy) is 1. The van der Waals surface area contributed by atoms with Gasteiger partial charge in [-0.3, -0.25) is 4.79 Å². The molecule has 2 rings (SSSR count). The van der Waals surface area contributed by atoms with Gasteiger partial charge in [-0.25, -0.2) is 0 Å². The largest absolute Gasteiger partial charge is 0.508 e. The number of aliphatic hydroxyl groups is 1. The smallest absolute Gasteiger partial charge is 0.253 e. The van der Waals surface area contributed by atoms with Crippen molar-refractivity contribution in [3.05, 3.63) is 59.2 Å². The van der Waals surface area contributed by atoms with Crippen LogP contribution in [0.15, 0.2) is 42.5 Å². The Labute approximate surface area is 209 Å². The molecule has 0 unspecified atom stereocenters. The molecule has 0 aromatic heterocycles. The van der Waals surface area contributed by atoms with E-state index < -0.39 is 6.10 Å². The standard InChI is InChI=1S/C28H39N3O4/c1-5-15-31(16-6-2)27(34)22-9-12-26(23(17-22)18-29)35-20-25(33)19-30-28(3,4)14-13-21-7-10-24(32)11-8-21/h7-12,17,25,30,32-33H,5-6,13-16,19-20H2,1-4H3/t25-/m1/s1. The number of phenols is 1. The topological polar surface area (TPSA) is 106 Å². The Hall–Kier alpha value is -3.08. The molecule has 0 spiro atoms. The predicted molar refractivity (Wildman–Crippen MR) is 138 cm³/mol. The summed E-state index contributed by atoms with van der Waals surface area (Å²) in [5.41, 5.74) is 1.67. The van der Waals surface area contributed by atoms with Crippen LogP contribution in [0.4, 0.5) is 0 Å². The van der Waals surface area contributed by atoms with Gasteiger partial charge >= 0.3 is 0 Å². The lowest BCUT2D eigenvalue weighted by atomic mass is 9.95. The van der Waals surface area contributed by atoms with Crippen LogP contribution in [-0.2, 0) is 6.42 Å². The van der Waals surface area contributed by atoms with Crippen molar-refractivity contribution >= 4 is 5.91 Å². The third-order valence-electron chi connectivity index (χ3n) is 5.84. The van der Waals surface area contributed by atoms with Gasteiger partial charge in [0, 0.05) is 30.7 Å². The van der Waals surface area contributed by atoms with E-state index in [1.165, 1.54) is 0 Å². The zero-order valence-corrected chi connectivity index (χ0v) is 21.4. The molecule has 190 valence electrons. The second-order valence-electron chi connectivity index (χ2n) is 9.51. The fourth-order valence-electron chi connectivity index (χ4n) is 3.76. The van der Waals surface area contributed by atoms with E-state index in [4.69, 9.17) is 4.74 Å². The molecule has 0 aliphatic rings. The van der Waals surface area contributed by atoms with Crippen molar-refractivity contribution in [2.75, 3.05) is 26.2 Å². The number of nitriles is 1. The van der Waals surface area contributed by atoms with Gasteiger partial charge in [-0.1, -0.05) is 26.0 Å². The number of β-amino-alcohol motifs (C(OH)–C–C–N with tert-alkyl or cyclic N) is 1. The van der Waals surface area contributed by atoms with Crippen molar-refractivity contribution in [2.45, 2.75) is 65.0 Å². The number of aromatic hydroxyl groups is 1. The first-order valence-electron chi connectivity index (χ1n) is 12.4. The summed E-state index contributed by atoms with van der Waals surface area (Å²) < 4.78 is 5.72. The Balaban J connectivity index is 1.88. The lowest BCUT2D eigenvalue weighted by Gasteiger charge is -2.28. The fraction of sp³-hybridized carbons (Fsp3) is 0.500. The van der Waals surface area contributed by atoms with Crippen LogP contribution in [0.3, 0.4) is 0 Å². The van der Waals surface area contributed by atoms with Crippen LogP contribution in [0, 0.1) is 11.3 Å². The molecule has 2 aromatic rings. The van der Waals surface area contributed by atoms with Gasteiger partial charge in [-0.2, -0.15) is 5.26 Å². The van der Waals surface area contributed by atoms with Gasteiger partial charge in [-0.05, 0) is 75.4 Å². The van der Waals surface area contributed by atoms with Crippen molar-refractivity contribution in [1.82, 2.24) is 10.2 Å². The first-order chi connectivity index (χ1) is 16.7. The summed E-state index contributed by atoms with van der Waals surface area (Å²) in [4.78, 5) is 14.6. The molecule has 3 N–H and O–H groups in total. The summed E-state index contributed by atoms with van der Waals surface area (Å²) >= 11 is 0. The molecule has 0 saturated carbocycles. The SMILES string of the molecule is CCCN(CCC)C(=O)c1ccc(OC[C@H](O)CNC(C)(C)CCc2ccc(O)cc2)c(C#N)c1. The van der Waals surface area contributed by atoms with Crippen LogP contribution < -0.4 is 10.1 Å². The van der Waals surface area contributed by atoms with Gasteiger partial charge in [-0.15, -0.1) is 0 Å². The molecule has 0 saturated heterocycles. The number of hydrogen-bond donors (Lipinski definition) is 3. The molecular formula is C28H39N3O4. The molecular weight excluding hydrogens is 442 g/mol. The van der Waals surface area contributed by atoms with Crippen LogP contribution in [0.5, 0.6) is 11.5 Å². The lowest BCUT2D eigenvalue weighted by Crippen LogP contribution is -2.45. The van der Waals surface area contributed by atoms with E-state index in [2.05, 4.69) is 25.2 Å². The normalized spacial score (nSPS) is 12.1. The second-order valence-corrected chi connectivity index (χ2v) is 9.51. The highest BCUT2D eigenvalue weighted by Gasteiger charge is 2.20. The average Bonchev–Trinajstić information content (AvgIpc) is 2.85. The number of aryl methyl sites for hydroxylation is 1. The molecule has 0 aliphatic carbocycles. The molecule has 0 radical (unpaired) electrons. The number of aliphatic hydroxyl groups excluding tert-OH is 1. The molecule has 1 amide bonds. The summed E-state index contributed by atoms with van der Waals surface area (Å²) in [7, 11) is 0. The molecule has 2 aromatic carbocycles. The van der Waals surface area contributed by atoms with Crippen molar-refractivity contribution in [3.8, 4) is 17.6 Å². The van der Waals surface area contributed by atoms with Gasteiger partial charge in [0.1, 0.15) is 30.3 Å². The number of carbonyl (C=O) groups is 1. The fourth-order valence-corrected chi connectivity index (χ4v) is 3.76. The zero-order valence-electron chi connectivity index (χ0n) is 21.4. The van der Waals surface area contributed by atoms with E-state index >= 15 is 0 Å². The average molecular weight is 482 g/mol. The van der Waals surface area contributed by atoms with Gasteiger partial charge < -0.3 is 25.2 Å². The Morgan fingerprint density at radius 2 is 1.80 bits per heavy atom. The lowest BCUT2D eigenvalue weighted by molar-refractivity contribution is 0.0755. The minimum absolute atomic E-state index is 0.0286. The van der Waals surface area contributed by atoms with E-state index in [9.17, 15) is 20.3 Å². The predicted octanol–water partition coefficient (Wildman–Crippen LogP) is 4.27. The quantitative estimate of drug-likeness (QED) is 0.372. The first-order valence-corrected chi connectivity index (χ1v) is 12.4. The van der Waals surface area contributed by atoms with E-state index in [0.29, 0.717) is 30.9 Å². The number of carbonyl (C=O) groups excluding carboxylic acids is 1. The van der Waals surface area contributed by atoms with Gasteiger partial charge in [0.05, 0.1) is 5.56 Å². The highest BCUT2D eigenvalue weighted by Crippen LogP contribution is 2.21. The summed E-state index contributed by atoms with van der Waals surface area (Å²) in [5, 5.41) is 32.8. The van der Waals surface area contributed by atoms with Crippen LogP contribution in [0.1, 0.15) is 68.4 Å². The number of hydrogen-bond acceptors (Lipinski definition) is 6. The Morgan fingerprint density at radius 3 is 2.40 bits per heavy atom. The van der Waals surface area contributed by atoms with E-state index in [1.54, 1.807) is 35.2 Å². The van der Waals surface area contributed by atoms with Gasteiger partial charge in [0.25, 0.3) is 5.91 Å². The third-order valence-corrected chi connectivity index (χ3v) is 5.84. The molecule has 0 heterocycles. The Kier molecular flexibility index (Phi) is 11.0. The molecule has 0 bridgehead atoms. The molecule has 7 heteroatoms. The highest BCUT2D eigenvalue weighted by molar-refractivity contribution is 5.94. The number of benzene rings is 2. The molecule has 7 nitrogen and oxygen atoms in total. The number of phenolic OH excluding ortho intramolecular Hbond substituents is 1. The van der Waals surface area contributed by atoms with Crippen LogP contribution in [0.25, 0.3) is 0 Å². The molecule has 0 fully saturated rings. The maximum atomic E-state index is 12.8.